The first-order valence-electron chi connectivity index (χ1n) is 6.02. The zero-order valence-corrected chi connectivity index (χ0v) is 11.5. The topological polar surface area (TPSA) is 72.5 Å². The summed E-state index contributed by atoms with van der Waals surface area (Å²) >= 11 is 0. The largest absolute Gasteiger partial charge is 0.573 e. The monoisotopic (exact) mass is 323 g/mol. The molecular formula is C12H12F3NO4S. The third-order valence-electron chi connectivity index (χ3n) is 2.96. The van der Waals surface area contributed by atoms with Crippen molar-refractivity contribution in [2.24, 2.45) is 5.92 Å². The highest BCUT2D eigenvalue weighted by molar-refractivity contribution is 7.91. The van der Waals surface area contributed by atoms with Gasteiger partial charge in [0.05, 0.1) is 17.4 Å². The predicted molar refractivity (Wildman–Crippen MR) is 68.5 cm³/mol. The Bertz CT molecular complexity index is 625. The second kappa shape index (κ2) is 5.55. The van der Waals surface area contributed by atoms with E-state index in [1.165, 1.54) is 12.1 Å². The van der Waals surface area contributed by atoms with Crippen LogP contribution in [-0.2, 0) is 14.6 Å². The van der Waals surface area contributed by atoms with Crippen molar-refractivity contribution in [3.63, 3.8) is 0 Å². The van der Waals surface area contributed by atoms with Crippen molar-refractivity contribution in [2.45, 2.75) is 12.8 Å². The average Bonchev–Trinajstić information content (AvgIpc) is 2.70. The lowest BCUT2D eigenvalue weighted by molar-refractivity contribution is -0.274. The highest BCUT2D eigenvalue weighted by Gasteiger charge is 2.33. The van der Waals surface area contributed by atoms with Crippen LogP contribution in [0.3, 0.4) is 0 Å². The van der Waals surface area contributed by atoms with Crippen LogP contribution in [0.4, 0.5) is 18.9 Å². The summed E-state index contributed by atoms with van der Waals surface area (Å²) < 4.78 is 62.2. The standard InChI is InChI=1S/C12H12F3NO4S/c13-12(14,15)20-10-3-1-9(2-4-10)16-11(17)8-5-6-21(18,19)7-8/h1-4,8H,5-7H2,(H,16,17)/t8-/m0/s1. The highest BCUT2D eigenvalue weighted by atomic mass is 32.2. The Balaban J connectivity index is 1.96. The summed E-state index contributed by atoms with van der Waals surface area (Å²) in [4.78, 5) is 11.8. The van der Waals surface area contributed by atoms with E-state index in [9.17, 15) is 26.4 Å². The molecule has 116 valence electrons. The fourth-order valence-corrected chi connectivity index (χ4v) is 3.73. The molecule has 1 N–H and O–H groups in total. The molecule has 9 heteroatoms. The van der Waals surface area contributed by atoms with E-state index in [0.29, 0.717) is 0 Å². The van der Waals surface area contributed by atoms with Gasteiger partial charge in [-0.15, -0.1) is 13.2 Å². The Morgan fingerprint density at radius 3 is 2.33 bits per heavy atom. The predicted octanol–water partition coefficient (Wildman–Crippen LogP) is 1.96. The van der Waals surface area contributed by atoms with Crippen LogP contribution in [0.5, 0.6) is 5.75 Å². The van der Waals surface area contributed by atoms with E-state index >= 15 is 0 Å². The second-order valence-electron chi connectivity index (χ2n) is 4.66. The van der Waals surface area contributed by atoms with E-state index in [1.807, 2.05) is 0 Å². The van der Waals surface area contributed by atoms with Crippen molar-refractivity contribution in [3.8, 4) is 5.75 Å². The van der Waals surface area contributed by atoms with Crippen LogP contribution in [0.1, 0.15) is 6.42 Å². The quantitative estimate of drug-likeness (QED) is 0.923. The van der Waals surface area contributed by atoms with Crippen LogP contribution in [0.25, 0.3) is 0 Å². The Hall–Kier alpha value is -1.77. The number of alkyl halides is 3. The number of amides is 1. The van der Waals surface area contributed by atoms with Gasteiger partial charge in [-0.05, 0) is 30.7 Å². The Labute approximate surface area is 119 Å². The molecule has 1 saturated heterocycles. The summed E-state index contributed by atoms with van der Waals surface area (Å²) in [6, 6.07) is 4.63. The number of hydrogen-bond donors (Lipinski definition) is 1. The first kappa shape index (κ1) is 15.6. The summed E-state index contributed by atoms with van der Waals surface area (Å²) in [5.74, 6) is -1.71. The Morgan fingerprint density at radius 1 is 1.24 bits per heavy atom. The molecule has 0 saturated carbocycles. The Morgan fingerprint density at radius 2 is 1.86 bits per heavy atom. The maximum atomic E-state index is 12.0. The van der Waals surface area contributed by atoms with Crippen LogP contribution in [0, 0.1) is 5.92 Å². The second-order valence-corrected chi connectivity index (χ2v) is 6.89. The number of rotatable bonds is 3. The van der Waals surface area contributed by atoms with Gasteiger partial charge < -0.3 is 10.1 Å². The molecule has 1 aromatic carbocycles. The van der Waals surface area contributed by atoms with Gasteiger partial charge in [0.25, 0.3) is 0 Å². The first-order chi connectivity index (χ1) is 9.65. The lowest BCUT2D eigenvalue weighted by atomic mass is 10.1. The summed E-state index contributed by atoms with van der Waals surface area (Å²) in [5.41, 5.74) is 0.277. The van der Waals surface area contributed by atoms with E-state index in [-0.39, 0.29) is 23.6 Å². The molecule has 1 atom stereocenters. The van der Waals surface area contributed by atoms with Gasteiger partial charge in [0, 0.05) is 5.69 Å². The van der Waals surface area contributed by atoms with Gasteiger partial charge in [-0.3, -0.25) is 4.79 Å². The Kier molecular flexibility index (Phi) is 4.13. The number of hydrogen-bond acceptors (Lipinski definition) is 4. The lowest BCUT2D eigenvalue weighted by Crippen LogP contribution is -2.23. The van der Waals surface area contributed by atoms with E-state index in [0.717, 1.165) is 12.1 Å². The van der Waals surface area contributed by atoms with E-state index < -0.39 is 33.8 Å². The van der Waals surface area contributed by atoms with Crippen LogP contribution in [0.15, 0.2) is 24.3 Å². The number of carbonyl (C=O) groups is 1. The van der Waals surface area contributed by atoms with Gasteiger partial charge in [-0.2, -0.15) is 0 Å². The van der Waals surface area contributed by atoms with Crippen molar-refractivity contribution in [3.05, 3.63) is 24.3 Å². The molecule has 0 spiro atoms. The first-order valence-corrected chi connectivity index (χ1v) is 7.84. The molecule has 1 heterocycles. The maximum Gasteiger partial charge on any atom is 0.573 e. The van der Waals surface area contributed by atoms with Gasteiger partial charge in [-0.1, -0.05) is 0 Å². The minimum absolute atomic E-state index is 0.0244. The van der Waals surface area contributed by atoms with Crippen LogP contribution in [-0.4, -0.2) is 32.2 Å². The molecule has 1 aliphatic rings. The number of nitrogens with one attached hydrogen (secondary N) is 1. The molecule has 1 aliphatic heterocycles. The molecule has 0 aromatic heterocycles. The minimum atomic E-state index is -4.77. The van der Waals surface area contributed by atoms with E-state index in [1.54, 1.807) is 0 Å². The molecule has 1 fully saturated rings. The van der Waals surface area contributed by atoms with Gasteiger partial charge >= 0.3 is 6.36 Å². The van der Waals surface area contributed by atoms with Gasteiger partial charge in [-0.25, -0.2) is 8.42 Å². The number of benzene rings is 1. The zero-order chi connectivity index (χ0) is 15.7. The highest BCUT2D eigenvalue weighted by Crippen LogP contribution is 2.25. The molecule has 0 unspecified atom stereocenters. The smallest absolute Gasteiger partial charge is 0.406 e. The SMILES string of the molecule is O=C(Nc1ccc(OC(F)(F)F)cc1)[C@H]1CCS(=O)(=O)C1. The molecule has 2 rings (SSSR count). The molecule has 21 heavy (non-hydrogen) atoms. The number of carbonyl (C=O) groups excluding carboxylic acids is 1. The molecule has 0 radical (unpaired) electrons. The summed E-state index contributed by atoms with van der Waals surface area (Å²) in [7, 11) is -3.17. The van der Waals surface area contributed by atoms with Crippen molar-refractivity contribution < 1.29 is 31.1 Å². The summed E-state index contributed by atoms with van der Waals surface area (Å²) in [5, 5.41) is 2.47. The van der Waals surface area contributed by atoms with Gasteiger partial charge in [0.15, 0.2) is 9.84 Å². The fraction of sp³-hybridized carbons (Fsp3) is 0.417. The lowest BCUT2D eigenvalue weighted by Gasteiger charge is -2.11. The maximum absolute atomic E-state index is 12.0. The minimum Gasteiger partial charge on any atom is -0.406 e. The molecule has 1 aromatic rings. The molecular weight excluding hydrogens is 311 g/mol. The van der Waals surface area contributed by atoms with Crippen LogP contribution < -0.4 is 10.1 Å². The summed E-state index contributed by atoms with van der Waals surface area (Å²) in [6.07, 6.45) is -4.52. The molecule has 1 amide bonds. The molecule has 0 aliphatic carbocycles. The van der Waals surface area contributed by atoms with Crippen molar-refractivity contribution in [1.29, 1.82) is 0 Å². The number of sulfone groups is 1. The van der Waals surface area contributed by atoms with Crippen molar-refractivity contribution in [2.75, 3.05) is 16.8 Å². The fourth-order valence-electron chi connectivity index (χ4n) is 1.99. The molecule has 0 bridgehead atoms. The van der Waals surface area contributed by atoms with Crippen LogP contribution in [0.2, 0.25) is 0 Å². The summed E-state index contributed by atoms with van der Waals surface area (Å²) in [6.45, 7) is 0. The van der Waals surface area contributed by atoms with Gasteiger partial charge in [0.1, 0.15) is 5.75 Å². The van der Waals surface area contributed by atoms with Crippen molar-refractivity contribution >= 4 is 21.4 Å². The van der Waals surface area contributed by atoms with Crippen LogP contribution >= 0.6 is 0 Å². The normalized spacial score (nSPS) is 21.0. The third-order valence-corrected chi connectivity index (χ3v) is 4.73. The van der Waals surface area contributed by atoms with Crippen molar-refractivity contribution in [1.82, 2.24) is 0 Å². The average molecular weight is 323 g/mol. The number of anilines is 1. The molecule has 5 nitrogen and oxygen atoms in total. The number of halogens is 3. The zero-order valence-electron chi connectivity index (χ0n) is 10.7. The van der Waals surface area contributed by atoms with E-state index in [4.69, 9.17) is 0 Å². The number of ether oxygens (including phenoxy) is 1. The van der Waals surface area contributed by atoms with Gasteiger partial charge in [0.2, 0.25) is 5.91 Å². The third kappa shape index (κ3) is 4.62. The van der Waals surface area contributed by atoms with E-state index in [2.05, 4.69) is 10.1 Å².